The molecule has 0 spiro atoms. The van der Waals surface area contributed by atoms with Crippen molar-refractivity contribution >= 4 is 33.4 Å². The maximum atomic E-state index is 13.1. The Morgan fingerprint density at radius 1 is 1.09 bits per heavy atom. The van der Waals surface area contributed by atoms with Crippen LogP contribution >= 0.6 is 0 Å². The largest absolute Gasteiger partial charge is 0.364 e. The molecule has 1 atom stereocenters. The van der Waals surface area contributed by atoms with Gasteiger partial charge in [-0.1, -0.05) is 12.1 Å². The van der Waals surface area contributed by atoms with Gasteiger partial charge in [0.15, 0.2) is 0 Å². The Kier molecular flexibility index (Phi) is 6.26. The first-order valence-corrected chi connectivity index (χ1v) is 12.6. The summed E-state index contributed by atoms with van der Waals surface area (Å²) in [6, 6.07) is 7.05. The first-order valence-electron chi connectivity index (χ1n) is 11.1. The first kappa shape index (κ1) is 24.0. The second kappa shape index (κ2) is 8.88. The van der Waals surface area contributed by atoms with Crippen molar-refractivity contribution in [1.82, 2.24) is 13.8 Å². The minimum absolute atomic E-state index is 0.00543. The highest BCUT2D eigenvalue weighted by Crippen LogP contribution is 2.30. The molecule has 11 heteroatoms. The van der Waals surface area contributed by atoms with Gasteiger partial charge in [-0.3, -0.25) is 14.4 Å². The molecule has 2 N–H and O–H groups in total. The van der Waals surface area contributed by atoms with Crippen LogP contribution in [0.15, 0.2) is 35.4 Å². The number of aromatic nitrogens is 1. The zero-order chi connectivity index (χ0) is 24.8. The number of piperazine rings is 1. The number of carbonyl (C=O) groups is 3. The van der Waals surface area contributed by atoms with Crippen LogP contribution in [0.3, 0.4) is 0 Å². The summed E-state index contributed by atoms with van der Waals surface area (Å²) in [6.45, 7) is 5.02. The smallest absolute Gasteiger partial charge is 0.265 e. The zero-order valence-electron chi connectivity index (χ0n) is 19.5. The molecule has 10 nitrogen and oxygen atoms in total. The third kappa shape index (κ3) is 4.21. The average Bonchev–Trinajstić information content (AvgIpc) is 3.38. The van der Waals surface area contributed by atoms with Crippen LogP contribution in [0.5, 0.6) is 0 Å². The number of rotatable bonds is 5. The number of anilines is 1. The number of sulfonamides is 1. The molecule has 2 aliphatic rings. The van der Waals surface area contributed by atoms with E-state index < -0.39 is 21.8 Å². The van der Waals surface area contributed by atoms with Gasteiger partial charge in [0.25, 0.3) is 5.91 Å². The minimum atomic E-state index is -3.82. The number of nitrogens with two attached hydrogens (primary N) is 1. The predicted molar refractivity (Wildman–Crippen MR) is 126 cm³/mol. The van der Waals surface area contributed by atoms with Crippen molar-refractivity contribution in [3.05, 3.63) is 47.3 Å². The van der Waals surface area contributed by atoms with Crippen LogP contribution in [-0.4, -0.2) is 72.6 Å². The van der Waals surface area contributed by atoms with Gasteiger partial charge in [0.05, 0.1) is 5.92 Å². The van der Waals surface area contributed by atoms with E-state index in [2.05, 4.69) is 0 Å². The van der Waals surface area contributed by atoms with E-state index >= 15 is 0 Å². The lowest BCUT2D eigenvalue weighted by atomic mass is 10.1. The minimum Gasteiger partial charge on any atom is -0.364 e. The molecule has 3 amide bonds. The average molecular weight is 488 g/mol. The van der Waals surface area contributed by atoms with Gasteiger partial charge in [-0.2, -0.15) is 4.31 Å². The van der Waals surface area contributed by atoms with Gasteiger partial charge in [0.1, 0.15) is 10.6 Å². The highest BCUT2D eigenvalue weighted by molar-refractivity contribution is 7.89. The number of carbonyl (C=O) groups excluding carboxylic acids is 3. The van der Waals surface area contributed by atoms with Crippen LogP contribution in [0.2, 0.25) is 0 Å². The monoisotopic (exact) mass is 487 g/mol. The van der Waals surface area contributed by atoms with Gasteiger partial charge < -0.3 is 20.1 Å². The number of aryl methyl sites for hydroxylation is 2. The summed E-state index contributed by atoms with van der Waals surface area (Å²) in [4.78, 5) is 40.6. The van der Waals surface area contributed by atoms with E-state index in [0.29, 0.717) is 6.54 Å². The highest BCUT2D eigenvalue weighted by atomic mass is 32.2. The molecular weight excluding hydrogens is 458 g/mol. The maximum absolute atomic E-state index is 13.1. The summed E-state index contributed by atoms with van der Waals surface area (Å²) in [5.74, 6) is -1.38. The van der Waals surface area contributed by atoms with Gasteiger partial charge in [-0.05, 0) is 37.1 Å². The Balaban J connectivity index is 1.41. The lowest BCUT2D eigenvalue weighted by molar-refractivity contribution is -0.136. The van der Waals surface area contributed by atoms with Gasteiger partial charge >= 0.3 is 0 Å². The van der Waals surface area contributed by atoms with Crippen LogP contribution in [0, 0.1) is 19.8 Å². The Morgan fingerprint density at radius 2 is 1.76 bits per heavy atom. The fraction of sp³-hybridized carbons (Fsp3) is 0.435. The van der Waals surface area contributed by atoms with Crippen LogP contribution in [0.4, 0.5) is 5.69 Å². The maximum Gasteiger partial charge on any atom is 0.265 e. The van der Waals surface area contributed by atoms with Gasteiger partial charge in [-0.15, -0.1) is 0 Å². The molecule has 1 aromatic carbocycles. The summed E-state index contributed by atoms with van der Waals surface area (Å²) in [5.41, 5.74) is 8.32. The third-order valence-electron chi connectivity index (χ3n) is 6.76. The molecule has 1 unspecified atom stereocenters. The van der Waals surface area contributed by atoms with E-state index in [4.69, 9.17) is 5.73 Å². The quantitative estimate of drug-likeness (QED) is 0.662. The van der Waals surface area contributed by atoms with E-state index in [1.165, 1.54) is 21.1 Å². The molecule has 4 rings (SSSR count). The zero-order valence-corrected chi connectivity index (χ0v) is 20.3. The molecule has 182 valence electrons. The van der Waals surface area contributed by atoms with E-state index in [-0.39, 0.29) is 55.0 Å². The van der Waals surface area contributed by atoms with Crippen molar-refractivity contribution < 1.29 is 22.8 Å². The molecule has 0 saturated carbocycles. The van der Waals surface area contributed by atoms with E-state index in [1.54, 1.807) is 16.8 Å². The summed E-state index contributed by atoms with van der Waals surface area (Å²) >= 11 is 0. The number of amides is 3. The molecular formula is C23H29N5O5S. The molecule has 1 aromatic heterocycles. The fourth-order valence-electron chi connectivity index (χ4n) is 4.61. The number of benzene rings is 1. The Morgan fingerprint density at radius 3 is 2.38 bits per heavy atom. The van der Waals surface area contributed by atoms with Crippen molar-refractivity contribution in [2.75, 3.05) is 37.6 Å². The summed E-state index contributed by atoms with van der Waals surface area (Å²) < 4.78 is 28.7. The number of hydrogen-bond donors (Lipinski definition) is 1. The molecule has 0 bridgehead atoms. The lowest BCUT2D eigenvalue weighted by Gasteiger charge is -2.35. The van der Waals surface area contributed by atoms with Crippen LogP contribution < -0.4 is 10.6 Å². The van der Waals surface area contributed by atoms with Crippen molar-refractivity contribution in [3.63, 3.8) is 0 Å². The lowest BCUT2D eigenvalue weighted by Crippen LogP contribution is -2.52. The van der Waals surface area contributed by atoms with Gasteiger partial charge in [0, 0.05) is 58.1 Å². The fourth-order valence-corrected chi connectivity index (χ4v) is 6.10. The molecule has 2 aliphatic heterocycles. The first-order chi connectivity index (χ1) is 16.0. The molecule has 0 radical (unpaired) electrons. The van der Waals surface area contributed by atoms with E-state index in [9.17, 15) is 22.8 Å². The Hall–Kier alpha value is -3.18. The molecule has 2 aromatic rings. The van der Waals surface area contributed by atoms with Crippen molar-refractivity contribution in [2.24, 2.45) is 18.7 Å². The number of nitrogens with zero attached hydrogens (tertiary/aromatic N) is 4. The van der Waals surface area contributed by atoms with Crippen LogP contribution in [0.25, 0.3) is 0 Å². The second-order valence-corrected chi connectivity index (χ2v) is 10.8. The van der Waals surface area contributed by atoms with Crippen molar-refractivity contribution in [1.29, 1.82) is 0 Å². The number of primary amides is 1. The molecule has 3 heterocycles. The SMILES string of the molecule is Cc1cccc(N2CC(C(=O)N3CCN(S(=O)(=O)c4cc(C(N)=O)n(C)c4)CC3)CC2=O)c1C. The molecule has 2 saturated heterocycles. The second-order valence-electron chi connectivity index (χ2n) is 8.89. The molecule has 2 fully saturated rings. The standard InChI is InChI=1S/C23H29N5O5S/c1-15-5-4-6-19(16(15)2)28-13-17(11-21(28)29)23(31)26-7-9-27(10-8-26)34(32,33)18-12-20(22(24)30)25(3)14-18/h4-6,12,14,17H,7-11,13H2,1-3H3,(H2,24,30). The van der Waals surface area contributed by atoms with Crippen molar-refractivity contribution in [2.45, 2.75) is 25.2 Å². The van der Waals surface area contributed by atoms with Gasteiger partial charge in [-0.25, -0.2) is 8.42 Å². The van der Waals surface area contributed by atoms with Crippen LogP contribution in [0.1, 0.15) is 28.0 Å². The number of hydrogen-bond acceptors (Lipinski definition) is 5. The van der Waals surface area contributed by atoms with Crippen molar-refractivity contribution in [3.8, 4) is 0 Å². The predicted octanol–water partition coefficient (Wildman–Crippen LogP) is 0.627. The summed E-state index contributed by atoms with van der Waals surface area (Å²) in [5, 5.41) is 0. The Bertz CT molecular complexity index is 1260. The summed E-state index contributed by atoms with van der Waals surface area (Å²) in [7, 11) is -2.27. The van der Waals surface area contributed by atoms with E-state index in [1.807, 2.05) is 32.0 Å². The topological polar surface area (TPSA) is 126 Å². The third-order valence-corrected chi connectivity index (χ3v) is 8.63. The summed E-state index contributed by atoms with van der Waals surface area (Å²) in [6.07, 6.45) is 1.50. The van der Waals surface area contributed by atoms with E-state index in [0.717, 1.165) is 16.8 Å². The Labute approximate surface area is 199 Å². The molecule has 0 aliphatic carbocycles. The molecule has 34 heavy (non-hydrogen) atoms. The highest BCUT2D eigenvalue weighted by Gasteiger charge is 2.39. The van der Waals surface area contributed by atoms with Gasteiger partial charge in [0.2, 0.25) is 21.8 Å². The normalized spacial score (nSPS) is 19.6. The van der Waals surface area contributed by atoms with Crippen LogP contribution in [-0.2, 0) is 26.7 Å².